The SMILES string of the molecule is NNc1ncc(Cl)c(NCCc2ncno2)n1. The van der Waals surface area contributed by atoms with Crippen LogP contribution in [0.4, 0.5) is 11.8 Å². The molecule has 0 fully saturated rings. The fourth-order valence-electron chi connectivity index (χ4n) is 1.15. The van der Waals surface area contributed by atoms with Crippen molar-refractivity contribution in [2.75, 3.05) is 17.3 Å². The van der Waals surface area contributed by atoms with Crippen LogP contribution in [0.2, 0.25) is 5.02 Å². The Balaban J connectivity index is 1.94. The standard InChI is InChI=1S/C8H10ClN7O/c9-5-3-12-8(16-10)15-7(5)11-2-1-6-13-4-14-17-6/h3-4H,1-2,10H2,(H2,11,12,15,16). The fourth-order valence-corrected chi connectivity index (χ4v) is 1.31. The first kappa shape index (κ1) is 11.6. The average molecular weight is 256 g/mol. The molecule has 0 amide bonds. The number of nitrogen functional groups attached to an aromatic ring is 1. The Labute approximate surface area is 102 Å². The lowest BCUT2D eigenvalue weighted by Gasteiger charge is -2.06. The summed E-state index contributed by atoms with van der Waals surface area (Å²) in [7, 11) is 0. The van der Waals surface area contributed by atoms with Gasteiger partial charge in [0.2, 0.25) is 11.8 Å². The van der Waals surface area contributed by atoms with E-state index in [4.69, 9.17) is 22.0 Å². The molecule has 0 radical (unpaired) electrons. The van der Waals surface area contributed by atoms with Crippen LogP contribution in [-0.2, 0) is 6.42 Å². The Hall–Kier alpha value is -1.93. The Morgan fingerprint density at radius 1 is 1.41 bits per heavy atom. The fraction of sp³-hybridized carbons (Fsp3) is 0.250. The van der Waals surface area contributed by atoms with Crippen LogP contribution in [0, 0.1) is 0 Å². The highest BCUT2D eigenvalue weighted by molar-refractivity contribution is 6.32. The Kier molecular flexibility index (Phi) is 3.68. The van der Waals surface area contributed by atoms with Crippen molar-refractivity contribution in [3.8, 4) is 0 Å². The zero-order valence-corrected chi connectivity index (χ0v) is 9.48. The molecule has 9 heteroatoms. The van der Waals surface area contributed by atoms with E-state index in [0.717, 1.165) is 0 Å². The summed E-state index contributed by atoms with van der Waals surface area (Å²) in [6.07, 6.45) is 3.38. The highest BCUT2D eigenvalue weighted by Crippen LogP contribution is 2.18. The second kappa shape index (κ2) is 5.41. The van der Waals surface area contributed by atoms with Gasteiger partial charge in [-0.25, -0.2) is 10.8 Å². The first-order valence-corrected chi connectivity index (χ1v) is 5.16. The van der Waals surface area contributed by atoms with Gasteiger partial charge in [-0.05, 0) is 0 Å². The van der Waals surface area contributed by atoms with E-state index in [0.29, 0.717) is 29.7 Å². The number of hydrogen-bond acceptors (Lipinski definition) is 8. The van der Waals surface area contributed by atoms with Crippen LogP contribution in [-0.4, -0.2) is 26.7 Å². The number of hydrogen-bond donors (Lipinski definition) is 3. The van der Waals surface area contributed by atoms with Crippen molar-refractivity contribution < 1.29 is 4.52 Å². The molecule has 0 atom stereocenters. The lowest BCUT2D eigenvalue weighted by molar-refractivity contribution is 0.379. The Morgan fingerprint density at radius 3 is 3.00 bits per heavy atom. The van der Waals surface area contributed by atoms with Crippen molar-refractivity contribution in [3.05, 3.63) is 23.4 Å². The lowest BCUT2D eigenvalue weighted by Crippen LogP contribution is -2.13. The highest BCUT2D eigenvalue weighted by atomic mass is 35.5. The minimum atomic E-state index is 0.287. The number of rotatable bonds is 5. The van der Waals surface area contributed by atoms with E-state index in [1.807, 2.05) is 0 Å². The molecular weight excluding hydrogens is 246 g/mol. The second-order valence-electron chi connectivity index (χ2n) is 3.05. The summed E-state index contributed by atoms with van der Waals surface area (Å²) in [5, 5.41) is 6.93. The first-order chi connectivity index (χ1) is 8.29. The molecule has 0 aliphatic carbocycles. The molecule has 2 heterocycles. The third kappa shape index (κ3) is 3.02. The van der Waals surface area contributed by atoms with Crippen LogP contribution in [0.15, 0.2) is 17.0 Å². The quantitative estimate of drug-likeness (QED) is 0.521. The largest absolute Gasteiger partial charge is 0.368 e. The predicted octanol–water partition coefficient (Wildman–Crippen LogP) is 0.453. The summed E-state index contributed by atoms with van der Waals surface area (Å²) >= 11 is 5.91. The molecular formula is C8H10ClN7O. The predicted molar refractivity (Wildman–Crippen MR) is 61.3 cm³/mol. The molecule has 0 aliphatic heterocycles. The van der Waals surface area contributed by atoms with E-state index in [1.54, 1.807) is 0 Å². The van der Waals surface area contributed by atoms with Gasteiger partial charge in [0.25, 0.3) is 0 Å². The molecule has 0 spiro atoms. The van der Waals surface area contributed by atoms with Crippen molar-refractivity contribution in [2.45, 2.75) is 6.42 Å². The topological polar surface area (TPSA) is 115 Å². The molecule has 0 aromatic carbocycles. The maximum Gasteiger partial charge on any atom is 0.239 e. The Morgan fingerprint density at radius 2 is 2.29 bits per heavy atom. The number of aromatic nitrogens is 4. The van der Waals surface area contributed by atoms with Gasteiger partial charge in [-0.15, -0.1) is 0 Å². The molecule has 0 aliphatic rings. The number of nitrogens with two attached hydrogens (primary N) is 1. The number of hydrazine groups is 1. The number of nitrogens with one attached hydrogen (secondary N) is 2. The molecule has 2 aromatic rings. The molecule has 0 saturated heterocycles. The van der Waals surface area contributed by atoms with Crippen molar-refractivity contribution >= 4 is 23.4 Å². The van der Waals surface area contributed by atoms with Crippen molar-refractivity contribution in [1.82, 2.24) is 20.1 Å². The molecule has 17 heavy (non-hydrogen) atoms. The molecule has 90 valence electrons. The van der Waals surface area contributed by atoms with E-state index in [-0.39, 0.29) is 5.95 Å². The van der Waals surface area contributed by atoms with Gasteiger partial charge in [-0.2, -0.15) is 9.97 Å². The molecule has 0 saturated carbocycles. The minimum absolute atomic E-state index is 0.287. The van der Waals surface area contributed by atoms with Gasteiger partial charge in [0, 0.05) is 13.0 Å². The smallest absolute Gasteiger partial charge is 0.239 e. The van der Waals surface area contributed by atoms with E-state index in [9.17, 15) is 0 Å². The number of nitrogens with zero attached hydrogens (tertiary/aromatic N) is 4. The third-order valence-corrected chi connectivity index (χ3v) is 2.19. The normalized spacial score (nSPS) is 10.2. The van der Waals surface area contributed by atoms with Crippen molar-refractivity contribution in [3.63, 3.8) is 0 Å². The zero-order valence-electron chi connectivity index (χ0n) is 8.72. The van der Waals surface area contributed by atoms with E-state index in [2.05, 4.69) is 30.9 Å². The summed E-state index contributed by atoms with van der Waals surface area (Å²) in [5.41, 5.74) is 2.34. The van der Waals surface area contributed by atoms with E-state index in [1.165, 1.54) is 12.5 Å². The minimum Gasteiger partial charge on any atom is -0.368 e. The van der Waals surface area contributed by atoms with Gasteiger partial charge in [0.1, 0.15) is 5.02 Å². The lowest BCUT2D eigenvalue weighted by atomic mass is 10.4. The third-order valence-electron chi connectivity index (χ3n) is 1.91. The molecule has 0 unspecified atom stereocenters. The summed E-state index contributed by atoms with van der Waals surface area (Å²) in [6, 6.07) is 0. The number of halogens is 1. The average Bonchev–Trinajstić information content (AvgIpc) is 2.84. The molecule has 4 N–H and O–H groups in total. The summed E-state index contributed by atoms with van der Waals surface area (Å²) in [5.74, 6) is 6.52. The van der Waals surface area contributed by atoms with Crippen LogP contribution in [0.1, 0.15) is 5.89 Å². The van der Waals surface area contributed by atoms with E-state index < -0.39 is 0 Å². The van der Waals surface area contributed by atoms with Gasteiger partial charge in [0.05, 0.1) is 6.20 Å². The summed E-state index contributed by atoms with van der Waals surface area (Å²) < 4.78 is 4.85. The van der Waals surface area contributed by atoms with Gasteiger partial charge in [-0.3, -0.25) is 5.43 Å². The monoisotopic (exact) mass is 255 g/mol. The molecule has 8 nitrogen and oxygen atoms in total. The highest BCUT2D eigenvalue weighted by Gasteiger charge is 2.05. The summed E-state index contributed by atoms with van der Waals surface area (Å²) in [4.78, 5) is 11.8. The van der Waals surface area contributed by atoms with Crippen LogP contribution in [0.25, 0.3) is 0 Å². The summed E-state index contributed by atoms with van der Waals surface area (Å²) in [6.45, 7) is 0.558. The van der Waals surface area contributed by atoms with Crippen LogP contribution < -0.4 is 16.6 Å². The van der Waals surface area contributed by atoms with Crippen LogP contribution >= 0.6 is 11.6 Å². The first-order valence-electron chi connectivity index (χ1n) is 4.78. The van der Waals surface area contributed by atoms with Gasteiger partial charge < -0.3 is 9.84 Å². The molecule has 2 aromatic heterocycles. The van der Waals surface area contributed by atoms with Crippen molar-refractivity contribution in [2.24, 2.45) is 5.84 Å². The number of anilines is 2. The Bertz CT molecular complexity index is 475. The molecule has 0 bridgehead atoms. The van der Waals surface area contributed by atoms with Gasteiger partial charge in [0.15, 0.2) is 12.1 Å². The van der Waals surface area contributed by atoms with E-state index >= 15 is 0 Å². The van der Waals surface area contributed by atoms with Crippen LogP contribution in [0.3, 0.4) is 0 Å². The van der Waals surface area contributed by atoms with Crippen LogP contribution in [0.5, 0.6) is 0 Å². The molecule has 2 rings (SSSR count). The second-order valence-corrected chi connectivity index (χ2v) is 3.45. The van der Waals surface area contributed by atoms with Gasteiger partial charge in [-0.1, -0.05) is 16.8 Å². The van der Waals surface area contributed by atoms with Gasteiger partial charge >= 0.3 is 0 Å². The van der Waals surface area contributed by atoms with Crippen molar-refractivity contribution in [1.29, 1.82) is 0 Å². The zero-order chi connectivity index (χ0) is 12.1. The maximum absolute atomic E-state index is 5.91. The maximum atomic E-state index is 5.91.